The normalized spacial score (nSPS) is 11.6. The van der Waals surface area contributed by atoms with Gasteiger partial charge < -0.3 is 4.74 Å². The molecule has 0 aliphatic rings. The Bertz CT molecular complexity index is 655. The number of benzene rings is 1. The van der Waals surface area contributed by atoms with Gasteiger partial charge in [-0.25, -0.2) is 0 Å². The highest BCUT2D eigenvalue weighted by molar-refractivity contribution is 5.91. The van der Waals surface area contributed by atoms with E-state index in [-0.39, 0.29) is 16.7 Å². The highest BCUT2D eigenvalue weighted by atomic mass is 19.4. The van der Waals surface area contributed by atoms with Crippen molar-refractivity contribution < 1.29 is 22.8 Å². The van der Waals surface area contributed by atoms with Crippen LogP contribution < -0.4 is 4.74 Å². The summed E-state index contributed by atoms with van der Waals surface area (Å²) in [4.78, 5) is 13.8. The third-order valence-electron chi connectivity index (χ3n) is 2.55. The molecule has 0 N–H and O–H groups in total. The molecule has 0 fully saturated rings. The second-order valence-corrected chi connectivity index (χ2v) is 3.63. The summed E-state index contributed by atoms with van der Waals surface area (Å²) < 4.78 is 43.2. The van der Waals surface area contributed by atoms with Gasteiger partial charge in [0.15, 0.2) is 0 Å². The molecule has 1 aromatic carbocycles. The minimum absolute atomic E-state index is 0.188. The van der Waals surface area contributed by atoms with Crippen molar-refractivity contribution in [3.05, 3.63) is 40.1 Å². The maximum atomic E-state index is 12.8. The summed E-state index contributed by atoms with van der Waals surface area (Å²) in [6, 6.07) is 2.80. The number of rotatable bonds is 2. The summed E-state index contributed by atoms with van der Waals surface area (Å²) in [5, 5.41) is 10.5. The predicted molar refractivity (Wildman–Crippen MR) is 60.0 cm³/mol. The molecule has 0 aliphatic heterocycles. The fraction of sp³-hybridized carbons (Fsp3) is 0.182. The van der Waals surface area contributed by atoms with E-state index in [4.69, 9.17) is 4.74 Å². The van der Waals surface area contributed by atoms with E-state index >= 15 is 0 Å². The van der Waals surface area contributed by atoms with Crippen molar-refractivity contribution in [1.82, 2.24) is 4.98 Å². The summed E-state index contributed by atoms with van der Waals surface area (Å²) >= 11 is 0. The molecule has 1 aromatic heterocycles. The van der Waals surface area contributed by atoms with Crippen molar-refractivity contribution in [2.24, 2.45) is 0 Å². The van der Waals surface area contributed by atoms with Crippen LogP contribution in [0.25, 0.3) is 10.9 Å². The molecule has 0 amide bonds. The van der Waals surface area contributed by atoms with Gasteiger partial charge >= 0.3 is 11.9 Å². The number of halogens is 3. The number of methoxy groups -OCH3 is 1. The lowest BCUT2D eigenvalue weighted by Crippen LogP contribution is -2.07. The first-order valence-electron chi connectivity index (χ1n) is 5.03. The molecule has 19 heavy (non-hydrogen) atoms. The molecular formula is C11H7F3N2O3. The van der Waals surface area contributed by atoms with Gasteiger partial charge in [0.2, 0.25) is 5.75 Å². The maximum Gasteiger partial charge on any atom is 0.417 e. The molecule has 0 aliphatic carbocycles. The quantitative estimate of drug-likeness (QED) is 0.622. The van der Waals surface area contributed by atoms with Crippen molar-refractivity contribution in [2.45, 2.75) is 6.18 Å². The fourth-order valence-electron chi connectivity index (χ4n) is 1.77. The van der Waals surface area contributed by atoms with Gasteiger partial charge in [0.05, 0.1) is 17.6 Å². The van der Waals surface area contributed by atoms with Gasteiger partial charge in [0.1, 0.15) is 5.52 Å². The van der Waals surface area contributed by atoms with Crippen LogP contribution in [-0.4, -0.2) is 17.0 Å². The molecule has 0 spiro atoms. The van der Waals surface area contributed by atoms with E-state index in [2.05, 4.69) is 4.98 Å². The molecule has 0 unspecified atom stereocenters. The number of pyridine rings is 1. The van der Waals surface area contributed by atoms with Crippen LogP contribution in [-0.2, 0) is 6.18 Å². The van der Waals surface area contributed by atoms with Crippen LogP contribution in [0.4, 0.5) is 18.9 Å². The Labute approximate surface area is 104 Å². The van der Waals surface area contributed by atoms with E-state index in [1.54, 1.807) is 0 Å². The van der Waals surface area contributed by atoms with Crippen LogP contribution in [0.2, 0.25) is 0 Å². The van der Waals surface area contributed by atoms with E-state index in [0.717, 1.165) is 31.5 Å². The molecule has 0 saturated heterocycles. The molecular weight excluding hydrogens is 265 g/mol. The second-order valence-electron chi connectivity index (χ2n) is 3.63. The molecule has 2 aromatic rings. The van der Waals surface area contributed by atoms with Crippen LogP contribution in [0.5, 0.6) is 5.75 Å². The van der Waals surface area contributed by atoms with Crippen molar-refractivity contribution in [3.63, 3.8) is 0 Å². The van der Waals surface area contributed by atoms with Gasteiger partial charge in [-0.3, -0.25) is 15.1 Å². The lowest BCUT2D eigenvalue weighted by atomic mass is 10.1. The smallest absolute Gasteiger partial charge is 0.417 e. The zero-order valence-corrected chi connectivity index (χ0v) is 9.56. The molecule has 100 valence electrons. The summed E-state index contributed by atoms with van der Waals surface area (Å²) in [5.41, 5.74) is -1.53. The zero-order valence-electron chi connectivity index (χ0n) is 9.56. The lowest BCUT2D eigenvalue weighted by Gasteiger charge is -2.11. The third kappa shape index (κ3) is 2.16. The van der Waals surface area contributed by atoms with Gasteiger partial charge in [-0.1, -0.05) is 0 Å². The molecule has 0 radical (unpaired) electrons. The van der Waals surface area contributed by atoms with Gasteiger partial charge in [0.25, 0.3) is 0 Å². The first-order valence-corrected chi connectivity index (χ1v) is 5.03. The van der Waals surface area contributed by atoms with Crippen LogP contribution in [0.3, 0.4) is 0 Å². The highest BCUT2D eigenvalue weighted by Gasteiger charge is 2.34. The van der Waals surface area contributed by atoms with Gasteiger partial charge in [-0.05, 0) is 12.1 Å². The third-order valence-corrected chi connectivity index (χ3v) is 2.55. The number of nitrogens with zero attached hydrogens (tertiary/aromatic N) is 2. The van der Waals surface area contributed by atoms with Crippen molar-refractivity contribution in [2.75, 3.05) is 7.11 Å². The van der Waals surface area contributed by atoms with Gasteiger partial charge in [0, 0.05) is 17.6 Å². The molecule has 8 heteroatoms. The van der Waals surface area contributed by atoms with Crippen LogP contribution in [0.1, 0.15) is 5.56 Å². The number of nitro benzene ring substituents is 1. The van der Waals surface area contributed by atoms with E-state index < -0.39 is 22.4 Å². The molecule has 0 atom stereocenters. The zero-order chi connectivity index (χ0) is 14.2. The average Bonchev–Trinajstić information content (AvgIpc) is 2.35. The van der Waals surface area contributed by atoms with E-state index in [1.165, 1.54) is 0 Å². The van der Waals surface area contributed by atoms with Crippen LogP contribution >= 0.6 is 0 Å². The monoisotopic (exact) mass is 272 g/mol. The van der Waals surface area contributed by atoms with E-state index in [0.29, 0.717) is 0 Å². The fourth-order valence-corrected chi connectivity index (χ4v) is 1.77. The first kappa shape index (κ1) is 13.1. The summed E-state index contributed by atoms with van der Waals surface area (Å²) in [6.07, 6.45) is -3.63. The number of fused-ring (bicyclic) bond motifs is 1. The van der Waals surface area contributed by atoms with Crippen molar-refractivity contribution in [1.29, 1.82) is 0 Å². The predicted octanol–water partition coefficient (Wildman–Crippen LogP) is 3.17. The van der Waals surface area contributed by atoms with Gasteiger partial charge in [-0.15, -0.1) is 0 Å². The van der Waals surface area contributed by atoms with Crippen LogP contribution in [0, 0.1) is 10.1 Å². The average molecular weight is 272 g/mol. The molecule has 0 saturated carbocycles. The Kier molecular flexibility index (Phi) is 3.01. The Hall–Kier alpha value is -2.38. The first-order chi connectivity index (χ1) is 8.86. The molecule has 5 nitrogen and oxygen atoms in total. The highest BCUT2D eigenvalue weighted by Crippen LogP contribution is 2.39. The Morgan fingerprint density at radius 1 is 1.32 bits per heavy atom. The van der Waals surface area contributed by atoms with Gasteiger partial charge in [-0.2, -0.15) is 13.2 Å². The number of aromatic nitrogens is 1. The number of alkyl halides is 3. The van der Waals surface area contributed by atoms with Crippen molar-refractivity contribution in [3.8, 4) is 5.75 Å². The maximum absolute atomic E-state index is 12.8. The SMILES string of the molecule is COc1c([N+](=O)[O-])ccc2c(C(F)(F)F)ccnc12. The minimum Gasteiger partial charge on any atom is -0.489 e. The minimum atomic E-state index is -4.57. The Morgan fingerprint density at radius 3 is 2.53 bits per heavy atom. The summed E-state index contributed by atoms with van der Waals surface area (Å²) in [5.74, 6) is -0.284. The number of hydrogen-bond donors (Lipinski definition) is 0. The topological polar surface area (TPSA) is 65.3 Å². The van der Waals surface area contributed by atoms with E-state index in [9.17, 15) is 23.3 Å². The largest absolute Gasteiger partial charge is 0.489 e. The number of nitro groups is 1. The van der Waals surface area contributed by atoms with Crippen LogP contribution in [0.15, 0.2) is 24.4 Å². The second kappa shape index (κ2) is 4.38. The molecule has 1 heterocycles. The Morgan fingerprint density at radius 2 is 2.00 bits per heavy atom. The lowest BCUT2D eigenvalue weighted by molar-refractivity contribution is -0.385. The number of hydrogen-bond acceptors (Lipinski definition) is 4. The number of ether oxygens (including phenoxy) is 1. The summed E-state index contributed by atoms with van der Waals surface area (Å²) in [7, 11) is 1.14. The van der Waals surface area contributed by atoms with E-state index in [1.807, 2.05) is 0 Å². The molecule has 2 rings (SSSR count). The summed E-state index contributed by atoms with van der Waals surface area (Å²) in [6.45, 7) is 0. The Balaban J connectivity index is 2.85. The standard InChI is InChI=1S/C11H7F3N2O3/c1-19-10-8(16(17)18)3-2-6-7(11(12,13)14)4-5-15-9(6)10/h2-5H,1H3. The van der Waals surface area contributed by atoms with Crippen molar-refractivity contribution >= 4 is 16.6 Å². The molecule has 0 bridgehead atoms.